The molecule has 0 aliphatic heterocycles. The van der Waals surface area contributed by atoms with Gasteiger partial charge in [-0.2, -0.15) is 0 Å². The minimum atomic E-state index is 0.0248. The number of carbonyl (C=O) groups excluding carboxylic acids is 1. The number of nitrogens with one attached hydrogen (secondary N) is 1. The number of aromatic nitrogens is 3. The number of carbonyl (C=O) groups is 1. The number of hydrogen-bond donors (Lipinski definition) is 1. The average molecular weight is 251 g/mol. The van der Waals surface area contributed by atoms with Crippen molar-refractivity contribution in [3.63, 3.8) is 0 Å². The van der Waals surface area contributed by atoms with Crippen LogP contribution in [0, 0.1) is 6.92 Å². The largest absolute Gasteiger partial charge is 0.346 e. The third-order valence-electron chi connectivity index (χ3n) is 3.22. The Morgan fingerprint density at radius 1 is 1.21 bits per heavy atom. The molecule has 0 aliphatic rings. The van der Waals surface area contributed by atoms with Crippen LogP contribution in [0.1, 0.15) is 22.8 Å². The highest BCUT2D eigenvalue weighted by molar-refractivity contribution is 5.96. The summed E-state index contributed by atoms with van der Waals surface area (Å²) in [6, 6.07) is 5.62. The zero-order chi connectivity index (χ0) is 13.4. The number of Topliss-reactive ketones (excluding diaryl/α,β-unsaturated/α-hetero) is 1. The summed E-state index contributed by atoms with van der Waals surface area (Å²) in [6.07, 6.45) is 5.31. The Hall–Kier alpha value is -2.49. The summed E-state index contributed by atoms with van der Waals surface area (Å²) in [5.41, 5.74) is 4.49. The molecule has 0 saturated heterocycles. The molecule has 0 atom stereocenters. The lowest BCUT2D eigenvalue weighted by atomic mass is 10.1. The van der Waals surface area contributed by atoms with Gasteiger partial charge in [0.05, 0.1) is 5.69 Å². The maximum absolute atomic E-state index is 11.3. The molecular formula is C15H13N3O. The summed E-state index contributed by atoms with van der Waals surface area (Å²) in [7, 11) is 0. The van der Waals surface area contributed by atoms with Crippen molar-refractivity contribution in [2.45, 2.75) is 13.8 Å². The quantitative estimate of drug-likeness (QED) is 0.712. The van der Waals surface area contributed by atoms with Gasteiger partial charge in [-0.05, 0) is 37.6 Å². The predicted octanol–water partition coefficient (Wildman–Crippen LogP) is 3.14. The number of aromatic amines is 1. The van der Waals surface area contributed by atoms with E-state index in [1.807, 2.05) is 25.3 Å². The van der Waals surface area contributed by atoms with E-state index < -0.39 is 0 Å². The van der Waals surface area contributed by atoms with Gasteiger partial charge in [-0.1, -0.05) is 0 Å². The number of ketones is 1. The molecule has 4 nitrogen and oxygen atoms in total. The maximum Gasteiger partial charge on any atom is 0.161 e. The number of fused-ring (bicyclic) bond motifs is 1. The van der Waals surface area contributed by atoms with Crippen LogP contribution in [-0.2, 0) is 0 Å². The second-order valence-electron chi connectivity index (χ2n) is 4.54. The molecule has 3 aromatic heterocycles. The van der Waals surface area contributed by atoms with Gasteiger partial charge in [0.25, 0.3) is 0 Å². The van der Waals surface area contributed by atoms with Crippen molar-refractivity contribution in [2.75, 3.05) is 0 Å². The summed E-state index contributed by atoms with van der Waals surface area (Å²) in [4.78, 5) is 23.1. The van der Waals surface area contributed by atoms with Crippen molar-refractivity contribution in [2.24, 2.45) is 0 Å². The molecular weight excluding hydrogens is 238 g/mol. The van der Waals surface area contributed by atoms with E-state index in [1.54, 1.807) is 18.5 Å². The predicted molar refractivity (Wildman–Crippen MR) is 74.1 cm³/mol. The van der Waals surface area contributed by atoms with Crippen LogP contribution in [0.15, 0.2) is 36.8 Å². The minimum absolute atomic E-state index is 0.0248. The van der Waals surface area contributed by atoms with Gasteiger partial charge >= 0.3 is 0 Å². The summed E-state index contributed by atoms with van der Waals surface area (Å²) >= 11 is 0. The molecule has 94 valence electrons. The summed E-state index contributed by atoms with van der Waals surface area (Å²) in [5, 5.41) is 1.07. The van der Waals surface area contributed by atoms with Gasteiger partial charge in [0.2, 0.25) is 0 Å². The van der Waals surface area contributed by atoms with E-state index in [0.29, 0.717) is 5.56 Å². The zero-order valence-corrected chi connectivity index (χ0v) is 10.8. The molecule has 0 aromatic carbocycles. The molecule has 0 spiro atoms. The van der Waals surface area contributed by atoms with Crippen molar-refractivity contribution in [3.05, 3.63) is 47.9 Å². The van der Waals surface area contributed by atoms with Crippen LogP contribution in [-0.4, -0.2) is 20.7 Å². The van der Waals surface area contributed by atoms with Crippen molar-refractivity contribution in [3.8, 4) is 11.3 Å². The number of aryl methyl sites for hydroxylation is 1. The summed E-state index contributed by atoms with van der Waals surface area (Å²) in [5.74, 6) is 0.0248. The van der Waals surface area contributed by atoms with Crippen LogP contribution in [0.2, 0.25) is 0 Å². The van der Waals surface area contributed by atoms with Crippen LogP contribution in [0.3, 0.4) is 0 Å². The molecule has 3 aromatic rings. The van der Waals surface area contributed by atoms with Crippen molar-refractivity contribution in [1.82, 2.24) is 15.0 Å². The lowest BCUT2D eigenvalue weighted by Crippen LogP contribution is -1.94. The lowest BCUT2D eigenvalue weighted by Gasteiger charge is -2.04. The first-order chi connectivity index (χ1) is 9.16. The van der Waals surface area contributed by atoms with E-state index in [4.69, 9.17) is 0 Å². The Bertz CT molecular complexity index is 757. The normalized spacial score (nSPS) is 10.8. The molecule has 3 heterocycles. The van der Waals surface area contributed by atoms with Crippen molar-refractivity contribution < 1.29 is 4.79 Å². The summed E-state index contributed by atoms with van der Waals surface area (Å²) in [6.45, 7) is 3.57. The highest BCUT2D eigenvalue weighted by atomic mass is 16.1. The average Bonchev–Trinajstić information content (AvgIpc) is 2.81. The summed E-state index contributed by atoms with van der Waals surface area (Å²) < 4.78 is 0. The van der Waals surface area contributed by atoms with Gasteiger partial charge in [-0.25, -0.2) is 4.98 Å². The second-order valence-corrected chi connectivity index (χ2v) is 4.54. The molecule has 0 radical (unpaired) electrons. The molecule has 0 unspecified atom stereocenters. The van der Waals surface area contributed by atoms with Crippen LogP contribution >= 0.6 is 0 Å². The van der Waals surface area contributed by atoms with Crippen LogP contribution in [0.4, 0.5) is 0 Å². The molecule has 0 aliphatic carbocycles. The smallest absolute Gasteiger partial charge is 0.161 e. The fraction of sp³-hybridized carbons (Fsp3) is 0.133. The fourth-order valence-corrected chi connectivity index (χ4v) is 2.19. The Morgan fingerprint density at radius 3 is 2.74 bits per heavy atom. The van der Waals surface area contributed by atoms with E-state index in [9.17, 15) is 4.79 Å². The highest BCUT2D eigenvalue weighted by Gasteiger charge is 2.10. The second kappa shape index (κ2) is 4.31. The minimum Gasteiger partial charge on any atom is -0.346 e. The Labute approximate surface area is 110 Å². The van der Waals surface area contributed by atoms with E-state index in [1.165, 1.54) is 6.92 Å². The Balaban J connectivity index is 2.18. The highest BCUT2D eigenvalue weighted by Crippen LogP contribution is 2.28. The number of H-pyrrole nitrogens is 1. The number of pyridine rings is 2. The molecule has 4 heteroatoms. The first kappa shape index (κ1) is 11.6. The number of nitrogens with zero attached hydrogens (tertiary/aromatic N) is 2. The van der Waals surface area contributed by atoms with Crippen LogP contribution < -0.4 is 0 Å². The standard InChI is InChI=1S/C15H13N3O/c1-9-7-18-15-14(9)12(5-6-16-15)13-4-3-11(8-17-13)10(2)19/h3-8H,1-2H3,(H,16,18). The fourth-order valence-electron chi connectivity index (χ4n) is 2.19. The molecule has 19 heavy (non-hydrogen) atoms. The first-order valence-corrected chi connectivity index (χ1v) is 6.07. The van der Waals surface area contributed by atoms with Crippen LogP contribution in [0.5, 0.6) is 0 Å². The van der Waals surface area contributed by atoms with Gasteiger partial charge in [0.1, 0.15) is 5.65 Å². The molecule has 0 amide bonds. The third-order valence-corrected chi connectivity index (χ3v) is 3.22. The van der Waals surface area contributed by atoms with Gasteiger partial charge in [0, 0.05) is 35.1 Å². The third kappa shape index (κ3) is 1.91. The van der Waals surface area contributed by atoms with Gasteiger partial charge in [0.15, 0.2) is 5.78 Å². The van der Waals surface area contributed by atoms with Gasteiger partial charge in [-0.3, -0.25) is 9.78 Å². The van der Waals surface area contributed by atoms with E-state index in [0.717, 1.165) is 27.9 Å². The molecule has 3 rings (SSSR count). The molecule has 0 bridgehead atoms. The number of rotatable bonds is 2. The van der Waals surface area contributed by atoms with E-state index in [-0.39, 0.29) is 5.78 Å². The molecule has 1 N–H and O–H groups in total. The topological polar surface area (TPSA) is 58.6 Å². The Kier molecular flexibility index (Phi) is 2.63. The van der Waals surface area contributed by atoms with Gasteiger partial charge in [-0.15, -0.1) is 0 Å². The monoisotopic (exact) mass is 251 g/mol. The molecule has 0 saturated carbocycles. The SMILES string of the molecule is CC(=O)c1ccc(-c2ccnc3[nH]cc(C)c23)nc1. The molecule has 0 fully saturated rings. The van der Waals surface area contributed by atoms with E-state index >= 15 is 0 Å². The zero-order valence-electron chi connectivity index (χ0n) is 10.8. The first-order valence-electron chi connectivity index (χ1n) is 6.07. The lowest BCUT2D eigenvalue weighted by molar-refractivity contribution is 0.101. The Morgan fingerprint density at radius 2 is 2.05 bits per heavy atom. The maximum atomic E-state index is 11.3. The van der Waals surface area contributed by atoms with Crippen molar-refractivity contribution in [1.29, 1.82) is 0 Å². The van der Waals surface area contributed by atoms with Gasteiger partial charge < -0.3 is 4.98 Å². The number of hydrogen-bond acceptors (Lipinski definition) is 3. The van der Waals surface area contributed by atoms with Crippen molar-refractivity contribution >= 4 is 16.8 Å². The van der Waals surface area contributed by atoms with Crippen LogP contribution in [0.25, 0.3) is 22.3 Å². The van der Waals surface area contributed by atoms with E-state index in [2.05, 4.69) is 15.0 Å².